The molecule has 3 saturated carbocycles. The number of halogens is 1. The normalized spacial score (nSPS) is 35.6. The number of hydrogen-bond acceptors (Lipinski definition) is 2. The van der Waals surface area contributed by atoms with Gasteiger partial charge in [-0.2, -0.15) is 5.10 Å². The van der Waals surface area contributed by atoms with Crippen molar-refractivity contribution in [2.75, 3.05) is 5.32 Å². The van der Waals surface area contributed by atoms with E-state index >= 15 is 0 Å². The summed E-state index contributed by atoms with van der Waals surface area (Å²) in [5, 5.41) is 8.19. The van der Waals surface area contributed by atoms with Crippen molar-refractivity contribution in [3.05, 3.63) is 41.7 Å². The van der Waals surface area contributed by atoms with Crippen molar-refractivity contribution in [3.63, 3.8) is 0 Å². The van der Waals surface area contributed by atoms with Crippen molar-refractivity contribution in [3.8, 4) is 0 Å². The number of fused-ring (bicyclic) bond motifs is 5. The highest BCUT2D eigenvalue weighted by molar-refractivity contribution is 7.80. The number of anilines is 1. The summed E-state index contributed by atoms with van der Waals surface area (Å²) in [6.45, 7) is 12.6. The lowest BCUT2D eigenvalue weighted by Crippen LogP contribution is -2.51. The van der Waals surface area contributed by atoms with Crippen LogP contribution < -0.4 is 10.7 Å². The number of nitrogens with zero attached hydrogens (tertiary/aromatic N) is 1. The minimum atomic E-state index is -0.256. The molecule has 4 aliphatic carbocycles. The molecule has 1 aromatic rings. The third-order valence-electron chi connectivity index (χ3n) is 11.6. The molecule has 3 nitrogen and oxygen atoms in total. The second-order valence-corrected chi connectivity index (χ2v) is 14.6. The molecule has 0 aliphatic heterocycles. The average molecular weight is 552 g/mol. The lowest BCUT2D eigenvalue weighted by atomic mass is 9.46. The van der Waals surface area contributed by atoms with E-state index in [2.05, 4.69) is 56.5 Å². The molecule has 0 amide bonds. The molecule has 4 aliphatic rings. The maximum absolute atomic E-state index is 13.2. The molecular weight excluding hydrogens is 501 g/mol. The van der Waals surface area contributed by atoms with Gasteiger partial charge in [0.15, 0.2) is 5.11 Å². The molecule has 5 rings (SSSR count). The number of rotatable bonds is 7. The summed E-state index contributed by atoms with van der Waals surface area (Å²) < 4.78 is 13.2. The minimum absolute atomic E-state index is 0.256. The van der Waals surface area contributed by atoms with E-state index in [1.165, 1.54) is 76.3 Å². The fourth-order valence-electron chi connectivity index (χ4n) is 9.50. The molecule has 3 fully saturated rings. The smallest absolute Gasteiger partial charge is 0.191 e. The largest absolute Gasteiger partial charge is 0.331 e. The first-order chi connectivity index (χ1) is 18.6. The molecule has 214 valence electrons. The second-order valence-electron chi connectivity index (χ2n) is 14.2. The summed E-state index contributed by atoms with van der Waals surface area (Å²) in [6, 6.07) is 6.21. The molecule has 39 heavy (non-hydrogen) atoms. The first-order valence-corrected chi connectivity index (χ1v) is 16.1. The molecule has 0 saturated heterocycles. The Kier molecular flexibility index (Phi) is 8.57. The van der Waals surface area contributed by atoms with Crippen molar-refractivity contribution in [2.24, 2.45) is 51.4 Å². The molecule has 7 unspecified atom stereocenters. The van der Waals surface area contributed by atoms with Gasteiger partial charge >= 0.3 is 0 Å². The van der Waals surface area contributed by atoms with E-state index in [1.807, 2.05) is 0 Å². The molecule has 0 heterocycles. The lowest BCUT2D eigenvalue weighted by Gasteiger charge is -2.58. The number of benzene rings is 1. The highest BCUT2D eigenvalue weighted by atomic mass is 32.1. The van der Waals surface area contributed by atoms with Crippen LogP contribution in [0.2, 0.25) is 0 Å². The van der Waals surface area contributed by atoms with Crippen LogP contribution in [-0.2, 0) is 0 Å². The van der Waals surface area contributed by atoms with Gasteiger partial charge in [0.1, 0.15) is 5.82 Å². The number of thiocarbonyl (C=S) groups is 1. The highest BCUT2D eigenvalue weighted by Gasteiger charge is 2.59. The van der Waals surface area contributed by atoms with E-state index in [0.29, 0.717) is 15.9 Å². The molecule has 0 radical (unpaired) electrons. The van der Waals surface area contributed by atoms with E-state index in [0.717, 1.165) is 53.3 Å². The van der Waals surface area contributed by atoms with Gasteiger partial charge < -0.3 is 5.32 Å². The van der Waals surface area contributed by atoms with Crippen LogP contribution in [0.5, 0.6) is 0 Å². The van der Waals surface area contributed by atoms with Gasteiger partial charge in [0.25, 0.3) is 0 Å². The summed E-state index contributed by atoms with van der Waals surface area (Å²) in [5.41, 5.74) is 7.36. The van der Waals surface area contributed by atoms with Crippen molar-refractivity contribution in [1.29, 1.82) is 0 Å². The van der Waals surface area contributed by atoms with Gasteiger partial charge in [-0.1, -0.05) is 59.5 Å². The van der Waals surface area contributed by atoms with Crippen LogP contribution in [0.3, 0.4) is 0 Å². The van der Waals surface area contributed by atoms with Gasteiger partial charge in [-0.25, -0.2) is 4.39 Å². The Balaban J connectivity index is 1.22. The number of allylic oxidation sites excluding steroid dienone is 2. The van der Waals surface area contributed by atoms with E-state index in [4.69, 9.17) is 12.2 Å². The van der Waals surface area contributed by atoms with Crippen LogP contribution >= 0.6 is 12.2 Å². The Morgan fingerprint density at radius 1 is 1.00 bits per heavy atom. The monoisotopic (exact) mass is 551 g/mol. The predicted octanol–water partition coefficient (Wildman–Crippen LogP) is 9.51. The summed E-state index contributed by atoms with van der Waals surface area (Å²) in [7, 11) is 0. The van der Waals surface area contributed by atoms with Crippen LogP contribution in [0, 0.1) is 52.2 Å². The quantitative estimate of drug-likeness (QED) is 0.262. The Hall–Kier alpha value is -1.75. The predicted molar refractivity (Wildman–Crippen MR) is 166 cm³/mol. The second kappa shape index (κ2) is 11.6. The first-order valence-electron chi connectivity index (χ1n) is 15.7. The zero-order chi connectivity index (χ0) is 27.8. The van der Waals surface area contributed by atoms with Crippen molar-refractivity contribution in [2.45, 2.75) is 105 Å². The van der Waals surface area contributed by atoms with Gasteiger partial charge in [0.2, 0.25) is 0 Å². The molecule has 5 heteroatoms. The standard InChI is InChI=1S/C34H50FN3S/c1-22(2)7-6-8-23(3)29-15-16-30-28-14-9-24-21-27(17-19-33(24,4)31(28)18-20-34(29,30)5)37-38-32(39)36-26-12-10-25(35)11-13-26/h10-13,21-23,28-31H,6-9,14-20H2,1-5H3,(H2,36,38,39)/b37-27+. The molecule has 7 atom stereocenters. The van der Waals surface area contributed by atoms with Gasteiger partial charge in [0.05, 0.1) is 5.71 Å². The maximum Gasteiger partial charge on any atom is 0.191 e. The fourth-order valence-corrected chi connectivity index (χ4v) is 9.66. The number of hydrazone groups is 1. The Morgan fingerprint density at radius 2 is 1.77 bits per heavy atom. The van der Waals surface area contributed by atoms with Gasteiger partial charge in [-0.05, 0) is 140 Å². The van der Waals surface area contributed by atoms with Gasteiger partial charge in [-0.15, -0.1) is 0 Å². The van der Waals surface area contributed by atoms with E-state index in [-0.39, 0.29) is 5.82 Å². The van der Waals surface area contributed by atoms with Crippen molar-refractivity contribution < 1.29 is 4.39 Å². The van der Waals surface area contributed by atoms with Gasteiger partial charge in [-0.3, -0.25) is 5.43 Å². The zero-order valence-electron chi connectivity index (χ0n) is 24.9. The van der Waals surface area contributed by atoms with Crippen molar-refractivity contribution in [1.82, 2.24) is 5.43 Å². The molecule has 0 spiro atoms. The van der Waals surface area contributed by atoms with E-state index in [9.17, 15) is 4.39 Å². The summed E-state index contributed by atoms with van der Waals surface area (Å²) in [5.74, 6) is 4.99. The lowest BCUT2D eigenvalue weighted by molar-refractivity contribution is -0.0573. The van der Waals surface area contributed by atoms with Crippen LogP contribution in [0.25, 0.3) is 0 Å². The molecular formula is C34H50FN3S. The van der Waals surface area contributed by atoms with Crippen LogP contribution in [0.1, 0.15) is 105 Å². The molecule has 1 aromatic carbocycles. The number of nitrogens with one attached hydrogen (secondary N) is 2. The third kappa shape index (κ3) is 5.85. The number of hydrogen-bond donors (Lipinski definition) is 2. The fraction of sp³-hybridized carbons (Fsp3) is 0.706. The van der Waals surface area contributed by atoms with Crippen LogP contribution in [-0.4, -0.2) is 10.8 Å². The first kappa shape index (κ1) is 28.8. The molecule has 2 N–H and O–H groups in total. The summed E-state index contributed by atoms with van der Waals surface area (Å²) >= 11 is 5.42. The minimum Gasteiger partial charge on any atom is -0.331 e. The highest BCUT2D eigenvalue weighted by Crippen LogP contribution is 2.67. The van der Waals surface area contributed by atoms with Gasteiger partial charge in [0, 0.05) is 5.69 Å². The Morgan fingerprint density at radius 3 is 2.51 bits per heavy atom. The maximum atomic E-state index is 13.2. The van der Waals surface area contributed by atoms with E-state index < -0.39 is 0 Å². The zero-order valence-corrected chi connectivity index (χ0v) is 25.7. The van der Waals surface area contributed by atoms with Crippen LogP contribution in [0.15, 0.2) is 41.0 Å². The Bertz CT molecular complexity index is 1090. The van der Waals surface area contributed by atoms with E-state index in [1.54, 1.807) is 17.7 Å². The summed E-state index contributed by atoms with van der Waals surface area (Å²) in [6.07, 6.45) is 17.1. The molecule has 0 aromatic heterocycles. The van der Waals surface area contributed by atoms with Crippen LogP contribution in [0.4, 0.5) is 10.1 Å². The summed E-state index contributed by atoms with van der Waals surface area (Å²) in [4.78, 5) is 0. The Labute approximate surface area is 241 Å². The average Bonchev–Trinajstić information content (AvgIpc) is 3.26. The van der Waals surface area contributed by atoms with Crippen molar-refractivity contribution >= 4 is 28.7 Å². The molecule has 0 bridgehead atoms. The third-order valence-corrected chi connectivity index (χ3v) is 11.8. The topological polar surface area (TPSA) is 36.4 Å². The SMILES string of the molecule is CC(C)CCCC(C)C1CCC2C3CCC4=C/C(=N/NC(=S)Nc5ccc(F)cc5)CCC4(C)C3CCC12C.